The van der Waals surface area contributed by atoms with E-state index < -0.39 is 0 Å². The van der Waals surface area contributed by atoms with Crippen molar-refractivity contribution in [2.45, 2.75) is 0 Å². The first-order valence-electron chi connectivity index (χ1n) is 7.09. The Morgan fingerprint density at radius 2 is 1.57 bits per heavy atom. The van der Waals surface area contributed by atoms with Crippen LogP contribution in [0.15, 0.2) is 72.9 Å². The van der Waals surface area contributed by atoms with Gasteiger partial charge in [0.05, 0.1) is 22.2 Å². The van der Waals surface area contributed by atoms with E-state index in [4.69, 9.17) is 4.98 Å². The predicted molar refractivity (Wildman–Crippen MR) is 86.8 cm³/mol. The molecule has 3 aromatic rings. The molecule has 2 aliphatic heterocycles. The Hall–Kier alpha value is -2.87. The molecule has 1 aromatic heterocycles. The lowest BCUT2D eigenvalue weighted by Crippen LogP contribution is -1.93. The van der Waals surface area contributed by atoms with E-state index in [0.29, 0.717) is 0 Å². The van der Waals surface area contributed by atoms with Crippen LogP contribution in [-0.2, 0) is 0 Å². The zero-order chi connectivity index (χ0) is 13.8. The number of para-hydroxylation sites is 2. The summed E-state index contributed by atoms with van der Waals surface area (Å²) >= 11 is 0. The molecule has 0 aliphatic carbocycles. The van der Waals surface area contributed by atoms with Crippen LogP contribution in [0.25, 0.3) is 38.6 Å². The summed E-state index contributed by atoms with van der Waals surface area (Å²) in [6.45, 7) is 0. The second kappa shape index (κ2) is 3.83. The van der Waals surface area contributed by atoms with Gasteiger partial charge in [0.25, 0.3) is 0 Å². The molecule has 0 bridgehead atoms. The number of hydrogen-bond acceptors (Lipinski definition) is 1. The third-order valence-corrected chi connectivity index (χ3v) is 4.19. The molecule has 2 nitrogen and oxygen atoms in total. The van der Waals surface area contributed by atoms with E-state index in [-0.39, 0.29) is 0 Å². The maximum Gasteiger partial charge on any atom is 0.0957 e. The Bertz CT molecular complexity index is 1090. The van der Waals surface area contributed by atoms with Gasteiger partial charge in [-0.25, -0.2) is 4.98 Å². The Labute approximate surface area is 121 Å². The van der Waals surface area contributed by atoms with Crippen molar-refractivity contribution in [3.63, 3.8) is 0 Å². The smallest absolute Gasteiger partial charge is 0.0957 e. The van der Waals surface area contributed by atoms with Crippen molar-refractivity contribution in [3.8, 4) is 11.3 Å². The summed E-state index contributed by atoms with van der Waals surface area (Å²) in [5.74, 6) is 0. The molecule has 2 aliphatic rings. The Balaban J connectivity index is 2.04. The number of pyridine rings is 2. The first-order valence-corrected chi connectivity index (χ1v) is 7.09. The molecule has 0 saturated heterocycles. The molecule has 0 N–H and O–H groups in total. The van der Waals surface area contributed by atoms with Crippen molar-refractivity contribution in [2.75, 3.05) is 0 Å². The standard InChI is InChI=1S/C19H12N2/c1-4-8-17-13(5-1)9-10-18-19-15(11-12-21(17)18)14-6-2-3-7-16(14)20-19/h1-12H. The summed E-state index contributed by atoms with van der Waals surface area (Å²) in [6.07, 6.45) is 2.15. The van der Waals surface area contributed by atoms with Gasteiger partial charge in [-0.2, -0.15) is 0 Å². The summed E-state index contributed by atoms with van der Waals surface area (Å²) in [5.41, 5.74) is 5.73. The van der Waals surface area contributed by atoms with Crippen LogP contribution in [0.1, 0.15) is 0 Å². The van der Waals surface area contributed by atoms with Gasteiger partial charge in [-0.05, 0) is 29.7 Å². The molecule has 2 heteroatoms. The fourth-order valence-electron chi connectivity index (χ4n) is 3.20. The minimum Gasteiger partial charge on any atom is -0.314 e. The largest absolute Gasteiger partial charge is 0.314 e. The van der Waals surface area contributed by atoms with Gasteiger partial charge in [0, 0.05) is 17.1 Å². The van der Waals surface area contributed by atoms with Gasteiger partial charge in [0.15, 0.2) is 0 Å². The monoisotopic (exact) mass is 268 g/mol. The first kappa shape index (κ1) is 10.9. The number of nitrogens with zero attached hydrogens (tertiary/aromatic N) is 2. The normalized spacial score (nSPS) is 11.8. The van der Waals surface area contributed by atoms with Crippen molar-refractivity contribution in [1.82, 2.24) is 9.38 Å². The first-order chi connectivity index (χ1) is 10.4. The van der Waals surface area contributed by atoms with E-state index in [1.807, 2.05) is 6.07 Å². The molecule has 0 fully saturated rings. The van der Waals surface area contributed by atoms with Crippen LogP contribution < -0.4 is 0 Å². The van der Waals surface area contributed by atoms with Crippen molar-refractivity contribution < 1.29 is 0 Å². The van der Waals surface area contributed by atoms with Gasteiger partial charge in [-0.3, -0.25) is 0 Å². The molecule has 98 valence electrons. The second-order valence-corrected chi connectivity index (χ2v) is 5.35. The van der Waals surface area contributed by atoms with E-state index in [9.17, 15) is 0 Å². The molecular weight excluding hydrogens is 256 g/mol. The SMILES string of the molecule is c1ccc2c(c1)ccc1c3nc4ccccc4c-3ccn12. The van der Waals surface area contributed by atoms with Gasteiger partial charge in [-0.15, -0.1) is 0 Å². The lowest BCUT2D eigenvalue weighted by atomic mass is 10.1. The molecule has 0 saturated carbocycles. The quantitative estimate of drug-likeness (QED) is 0.371. The second-order valence-electron chi connectivity index (χ2n) is 5.35. The zero-order valence-electron chi connectivity index (χ0n) is 11.3. The van der Waals surface area contributed by atoms with Crippen LogP contribution in [0.4, 0.5) is 0 Å². The lowest BCUT2D eigenvalue weighted by Gasteiger charge is -2.10. The number of aromatic nitrogens is 2. The van der Waals surface area contributed by atoms with Crippen molar-refractivity contribution in [3.05, 3.63) is 72.9 Å². The van der Waals surface area contributed by atoms with Gasteiger partial charge < -0.3 is 4.40 Å². The molecule has 0 atom stereocenters. The number of benzene rings is 2. The predicted octanol–water partition coefficient (Wildman–Crippen LogP) is 4.75. The van der Waals surface area contributed by atoms with Crippen molar-refractivity contribution in [2.24, 2.45) is 0 Å². The number of hydrogen-bond donors (Lipinski definition) is 0. The molecule has 0 radical (unpaired) electrons. The summed E-state index contributed by atoms with van der Waals surface area (Å²) in [6, 6.07) is 23.3. The highest BCUT2D eigenvalue weighted by atomic mass is 14.9. The summed E-state index contributed by atoms with van der Waals surface area (Å²) in [7, 11) is 0. The highest BCUT2D eigenvalue weighted by Gasteiger charge is 2.14. The lowest BCUT2D eigenvalue weighted by molar-refractivity contribution is 1.22. The molecule has 0 spiro atoms. The average Bonchev–Trinajstić information content (AvgIpc) is 2.93. The highest BCUT2D eigenvalue weighted by molar-refractivity contribution is 6.02. The van der Waals surface area contributed by atoms with E-state index in [2.05, 4.69) is 71.3 Å². The van der Waals surface area contributed by atoms with Crippen LogP contribution in [0, 0.1) is 0 Å². The van der Waals surface area contributed by atoms with Crippen LogP contribution >= 0.6 is 0 Å². The Morgan fingerprint density at radius 3 is 2.57 bits per heavy atom. The van der Waals surface area contributed by atoms with E-state index in [1.54, 1.807) is 0 Å². The molecule has 0 unspecified atom stereocenters. The molecular formula is C19H12N2. The van der Waals surface area contributed by atoms with E-state index in [1.165, 1.54) is 21.9 Å². The van der Waals surface area contributed by atoms with Gasteiger partial charge in [-0.1, -0.05) is 42.5 Å². The van der Waals surface area contributed by atoms with Gasteiger partial charge in [0.2, 0.25) is 0 Å². The third-order valence-electron chi connectivity index (χ3n) is 4.19. The van der Waals surface area contributed by atoms with Crippen LogP contribution in [0.2, 0.25) is 0 Å². The molecule has 21 heavy (non-hydrogen) atoms. The van der Waals surface area contributed by atoms with Crippen molar-refractivity contribution in [1.29, 1.82) is 0 Å². The third kappa shape index (κ3) is 1.39. The van der Waals surface area contributed by atoms with Crippen LogP contribution in [0.3, 0.4) is 0 Å². The number of fused-ring (bicyclic) bond motifs is 7. The molecule has 2 aromatic carbocycles. The minimum atomic E-state index is 1.06. The number of rotatable bonds is 0. The van der Waals surface area contributed by atoms with E-state index >= 15 is 0 Å². The molecule has 5 rings (SSSR count). The molecule has 0 amide bonds. The fraction of sp³-hybridized carbons (Fsp3) is 0. The van der Waals surface area contributed by atoms with Crippen LogP contribution in [0.5, 0.6) is 0 Å². The van der Waals surface area contributed by atoms with Crippen LogP contribution in [-0.4, -0.2) is 9.38 Å². The topological polar surface area (TPSA) is 17.3 Å². The minimum absolute atomic E-state index is 1.06. The fourth-order valence-corrected chi connectivity index (χ4v) is 3.20. The average molecular weight is 268 g/mol. The maximum atomic E-state index is 4.83. The highest BCUT2D eigenvalue weighted by Crippen LogP contribution is 2.34. The Kier molecular flexibility index (Phi) is 1.98. The summed E-state index contributed by atoms with van der Waals surface area (Å²) in [5, 5.41) is 2.47. The summed E-state index contributed by atoms with van der Waals surface area (Å²) in [4.78, 5) is 4.83. The Morgan fingerprint density at radius 1 is 0.714 bits per heavy atom. The maximum absolute atomic E-state index is 4.83. The molecule has 3 heterocycles. The zero-order valence-corrected chi connectivity index (χ0v) is 11.3. The summed E-state index contributed by atoms with van der Waals surface area (Å²) < 4.78 is 2.23. The van der Waals surface area contributed by atoms with E-state index in [0.717, 1.165) is 16.7 Å². The van der Waals surface area contributed by atoms with Crippen molar-refractivity contribution >= 4 is 27.3 Å². The van der Waals surface area contributed by atoms with Gasteiger partial charge in [0.1, 0.15) is 0 Å². The van der Waals surface area contributed by atoms with Gasteiger partial charge >= 0.3 is 0 Å².